The van der Waals surface area contributed by atoms with E-state index < -0.39 is 0 Å². The Kier molecular flexibility index (Phi) is 5.28. The van der Waals surface area contributed by atoms with Crippen LogP contribution in [-0.2, 0) is 6.54 Å². The smallest absolute Gasteiger partial charge is 0.217 e. The van der Waals surface area contributed by atoms with Crippen molar-refractivity contribution in [2.24, 2.45) is 0 Å². The molecule has 5 nitrogen and oxygen atoms in total. The number of pyridine rings is 1. The summed E-state index contributed by atoms with van der Waals surface area (Å²) in [6, 6.07) is 19.7. The summed E-state index contributed by atoms with van der Waals surface area (Å²) in [7, 11) is 0. The molecule has 0 saturated heterocycles. The normalized spacial score (nSPS) is 10.5. The first kappa shape index (κ1) is 18.7. The molecule has 0 atom stereocenters. The Balaban J connectivity index is 1.55. The van der Waals surface area contributed by atoms with Crippen LogP contribution in [-0.4, -0.2) is 14.5 Å². The van der Waals surface area contributed by atoms with Crippen LogP contribution in [0.25, 0.3) is 16.9 Å². The number of nitrogens with zero attached hydrogens (tertiary/aromatic N) is 4. The SMILES string of the molecule is Cc1cccc(Cl)c1CNc1ccc(-n2cc(-c3cccnc3)nc2C#N)cc1. The molecule has 0 fully saturated rings. The number of rotatable bonds is 5. The molecule has 1 N–H and O–H groups in total. The molecule has 0 amide bonds. The number of hydrogen-bond acceptors (Lipinski definition) is 4. The molecule has 0 spiro atoms. The van der Waals surface area contributed by atoms with E-state index in [0.717, 1.165) is 33.1 Å². The fourth-order valence-electron chi connectivity index (χ4n) is 3.13. The average Bonchev–Trinajstić information content (AvgIpc) is 3.19. The summed E-state index contributed by atoms with van der Waals surface area (Å²) in [6.45, 7) is 2.69. The van der Waals surface area contributed by atoms with Gasteiger partial charge in [0.15, 0.2) is 0 Å². The van der Waals surface area contributed by atoms with Crippen molar-refractivity contribution in [2.45, 2.75) is 13.5 Å². The van der Waals surface area contributed by atoms with Gasteiger partial charge in [0.1, 0.15) is 6.07 Å². The maximum atomic E-state index is 9.48. The van der Waals surface area contributed by atoms with Gasteiger partial charge in [-0.05, 0) is 60.5 Å². The quantitative estimate of drug-likeness (QED) is 0.489. The summed E-state index contributed by atoms with van der Waals surface area (Å²) in [5, 5.41) is 13.6. The molecule has 0 aliphatic carbocycles. The highest BCUT2D eigenvalue weighted by Crippen LogP contribution is 2.23. The van der Waals surface area contributed by atoms with Crippen molar-refractivity contribution in [1.29, 1.82) is 5.26 Å². The van der Waals surface area contributed by atoms with Crippen LogP contribution in [0.15, 0.2) is 73.2 Å². The minimum Gasteiger partial charge on any atom is -0.381 e. The van der Waals surface area contributed by atoms with E-state index in [9.17, 15) is 5.26 Å². The molecule has 2 aromatic carbocycles. The van der Waals surface area contributed by atoms with Gasteiger partial charge in [-0.3, -0.25) is 9.55 Å². The molecule has 0 saturated carbocycles. The topological polar surface area (TPSA) is 66.5 Å². The molecule has 142 valence electrons. The molecule has 0 aliphatic heterocycles. The number of halogens is 1. The van der Waals surface area contributed by atoms with Crippen molar-refractivity contribution in [3.63, 3.8) is 0 Å². The monoisotopic (exact) mass is 399 g/mol. The van der Waals surface area contributed by atoms with E-state index in [-0.39, 0.29) is 0 Å². The molecule has 4 rings (SSSR count). The maximum Gasteiger partial charge on any atom is 0.217 e. The van der Waals surface area contributed by atoms with Gasteiger partial charge < -0.3 is 5.32 Å². The van der Waals surface area contributed by atoms with E-state index in [1.165, 1.54) is 0 Å². The van der Waals surface area contributed by atoms with Crippen molar-refractivity contribution in [2.75, 3.05) is 5.32 Å². The fraction of sp³-hybridized carbons (Fsp3) is 0.0870. The molecule has 0 aliphatic rings. The Morgan fingerprint density at radius 2 is 1.93 bits per heavy atom. The van der Waals surface area contributed by atoms with E-state index in [1.807, 2.05) is 67.7 Å². The Hall–Kier alpha value is -3.62. The summed E-state index contributed by atoms with van der Waals surface area (Å²) < 4.78 is 1.78. The summed E-state index contributed by atoms with van der Waals surface area (Å²) in [5.74, 6) is 0.330. The first-order valence-electron chi connectivity index (χ1n) is 9.14. The van der Waals surface area contributed by atoms with Crippen LogP contribution in [0.5, 0.6) is 0 Å². The highest BCUT2D eigenvalue weighted by Gasteiger charge is 2.11. The van der Waals surface area contributed by atoms with Gasteiger partial charge in [-0.25, -0.2) is 4.98 Å². The number of nitriles is 1. The van der Waals surface area contributed by atoms with Crippen LogP contribution in [0, 0.1) is 18.3 Å². The van der Waals surface area contributed by atoms with Crippen LogP contribution in [0.2, 0.25) is 5.02 Å². The van der Waals surface area contributed by atoms with E-state index in [2.05, 4.69) is 21.4 Å². The highest BCUT2D eigenvalue weighted by molar-refractivity contribution is 6.31. The number of benzene rings is 2. The lowest BCUT2D eigenvalue weighted by Crippen LogP contribution is -2.02. The summed E-state index contributed by atoms with van der Waals surface area (Å²) in [5.41, 5.74) is 5.66. The lowest BCUT2D eigenvalue weighted by Gasteiger charge is -2.11. The van der Waals surface area contributed by atoms with Gasteiger partial charge in [0.05, 0.1) is 5.69 Å². The summed E-state index contributed by atoms with van der Waals surface area (Å²) in [4.78, 5) is 8.54. The Labute approximate surface area is 174 Å². The minimum atomic E-state index is 0.330. The Bertz CT molecular complexity index is 1150. The van der Waals surface area contributed by atoms with Crippen molar-refractivity contribution >= 4 is 17.3 Å². The molecule has 2 heterocycles. The van der Waals surface area contributed by atoms with E-state index >= 15 is 0 Å². The number of hydrogen-bond donors (Lipinski definition) is 1. The van der Waals surface area contributed by atoms with Crippen molar-refractivity contribution in [3.05, 3.63) is 95.2 Å². The lowest BCUT2D eigenvalue weighted by molar-refractivity contribution is 1.02. The zero-order chi connectivity index (χ0) is 20.2. The van der Waals surface area contributed by atoms with Crippen molar-refractivity contribution in [1.82, 2.24) is 14.5 Å². The van der Waals surface area contributed by atoms with Crippen LogP contribution >= 0.6 is 11.6 Å². The van der Waals surface area contributed by atoms with Gasteiger partial charge in [0.25, 0.3) is 0 Å². The molecule has 0 radical (unpaired) electrons. The largest absolute Gasteiger partial charge is 0.381 e. The number of aryl methyl sites for hydroxylation is 1. The van der Waals surface area contributed by atoms with Crippen LogP contribution in [0.1, 0.15) is 17.0 Å². The van der Waals surface area contributed by atoms with Gasteiger partial charge in [0, 0.05) is 47.1 Å². The molecular weight excluding hydrogens is 382 g/mol. The van der Waals surface area contributed by atoms with Gasteiger partial charge in [-0.15, -0.1) is 0 Å². The van der Waals surface area contributed by atoms with E-state index in [1.54, 1.807) is 17.0 Å². The summed E-state index contributed by atoms with van der Waals surface area (Å²) in [6.07, 6.45) is 5.30. The molecule has 2 aromatic heterocycles. The van der Waals surface area contributed by atoms with Crippen molar-refractivity contribution in [3.8, 4) is 23.0 Å². The molecule has 0 bridgehead atoms. The minimum absolute atomic E-state index is 0.330. The van der Waals surface area contributed by atoms with Gasteiger partial charge >= 0.3 is 0 Å². The molecule has 0 unspecified atom stereocenters. The number of aromatic nitrogens is 3. The molecule has 6 heteroatoms. The maximum absolute atomic E-state index is 9.48. The van der Waals surface area contributed by atoms with Crippen LogP contribution < -0.4 is 5.32 Å². The van der Waals surface area contributed by atoms with Gasteiger partial charge in [-0.1, -0.05) is 23.7 Å². The predicted octanol–water partition coefficient (Wildman–Crippen LogP) is 5.38. The molecule has 4 aromatic rings. The van der Waals surface area contributed by atoms with Crippen molar-refractivity contribution < 1.29 is 0 Å². The molecule has 29 heavy (non-hydrogen) atoms. The third-order valence-corrected chi connectivity index (χ3v) is 5.09. The highest BCUT2D eigenvalue weighted by atomic mass is 35.5. The predicted molar refractivity (Wildman–Crippen MR) is 115 cm³/mol. The second-order valence-electron chi connectivity index (χ2n) is 6.61. The number of imidazole rings is 1. The fourth-order valence-corrected chi connectivity index (χ4v) is 3.42. The zero-order valence-corrected chi connectivity index (χ0v) is 16.6. The van der Waals surface area contributed by atoms with Gasteiger partial charge in [-0.2, -0.15) is 5.26 Å². The van der Waals surface area contributed by atoms with E-state index in [4.69, 9.17) is 11.6 Å². The third kappa shape index (κ3) is 3.98. The van der Waals surface area contributed by atoms with Gasteiger partial charge in [0.2, 0.25) is 5.82 Å². The second kappa shape index (κ2) is 8.17. The Morgan fingerprint density at radius 3 is 2.62 bits per heavy atom. The first-order chi connectivity index (χ1) is 14.2. The molecular formula is C23H18ClN5. The lowest BCUT2D eigenvalue weighted by atomic mass is 10.1. The Morgan fingerprint density at radius 1 is 1.10 bits per heavy atom. The zero-order valence-electron chi connectivity index (χ0n) is 15.8. The number of nitrogens with one attached hydrogen (secondary N) is 1. The standard InChI is InChI=1S/C23H18ClN5/c1-16-4-2-6-21(24)20(16)14-27-18-7-9-19(10-8-18)29-15-22(28-23(29)12-25)17-5-3-11-26-13-17/h2-11,13,15,27H,14H2,1H3. The average molecular weight is 400 g/mol. The van der Waals surface area contributed by atoms with Crippen LogP contribution in [0.3, 0.4) is 0 Å². The van der Waals surface area contributed by atoms with Crippen LogP contribution in [0.4, 0.5) is 5.69 Å². The third-order valence-electron chi connectivity index (χ3n) is 4.73. The second-order valence-corrected chi connectivity index (χ2v) is 7.02. The first-order valence-corrected chi connectivity index (χ1v) is 9.51. The van der Waals surface area contributed by atoms with E-state index in [0.29, 0.717) is 18.1 Å². The number of anilines is 1. The summed E-state index contributed by atoms with van der Waals surface area (Å²) >= 11 is 6.30.